The zero-order valence-electron chi connectivity index (χ0n) is 12.2. The second-order valence-corrected chi connectivity index (χ2v) is 5.18. The first-order valence-corrected chi connectivity index (χ1v) is 6.82. The van der Waals surface area contributed by atoms with Crippen LogP contribution < -0.4 is 5.32 Å². The number of hydrogen-bond acceptors (Lipinski definition) is 1. The highest BCUT2D eigenvalue weighted by molar-refractivity contribution is 5.94. The Balaban J connectivity index is 2.07. The quantitative estimate of drug-likeness (QED) is 0.888. The first-order chi connectivity index (χ1) is 10.3. The Hall–Kier alpha value is -2.30. The number of carbonyl (C=O) groups is 1. The number of nitrogens with one attached hydrogen (secondary N) is 1. The molecule has 0 saturated carbocycles. The van der Waals surface area contributed by atoms with Crippen molar-refractivity contribution in [1.82, 2.24) is 5.32 Å². The summed E-state index contributed by atoms with van der Waals surface area (Å²) in [5, 5.41) is 2.77. The van der Waals surface area contributed by atoms with Crippen LogP contribution in [0.3, 0.4) is 0 Å². The molecule has 0 bridgehead atoms. The fraction of sp³-hybridized carbons (Fsp3) is 0.235. The van der Waals surface area contributed by atoms with E-state index in [1.807, 2.05) is 19.1 Å². The van der Waals surface area contributed by atoms with Crippen molar-refractivity contribution < 1.29 is 18.0 Å². The third kappa shape index (κ3) is 3.87. The van der Waals surface area contributed by atoms with E-state index in [0.29, 0.717) is 11.1 Å². The molecule has 0 aromatic heterocycles. The summed E-state index contributed by atoms with van der Waals surface area (Å²) in [5.74, 6) is -0.257. The molecule has 2 rings (SSSR count). The van der Waals surface area contributed by atoms with Crippen molar-refractivity contribution in [3.63, 3.8) is 0 Å². The topological polar surface area (TPSA) is 29.1 Å². The van der Waals surface area contributed by atoms with Crippen LogP contribution in [-0.2, 0) is 6.18 Å². The summed E-state index contributed by atoms with van der Waals surface area (Å²) in [7, 11) is 0. The smallest absolute Gasteiger partial charge is 0.346 e. The molecule has 5 heteroatoms. The SMILES string of the molecule is Cc1ccc(C(=O)NC(C)c2ccc(C(F)(F)F)cc2)cc1. The maximum absolute atomic E-state index is 12.5. The van der Waals surface area contributed by atoms with Gasteiger partial charge in [0.1, 0.15) is 0 Å². The Kier molecular flexibility index (Phi) is 4.54. The van der Waals surface area contributed by atoms with E-state index in [9.17, 15) is 18.0 Å². The summed E-state index contributed by atoms with van der Waals surface area (Å²) < 4.78 is 37.5. The van der Waals surface area contributed by atoms with E-state index in [0.717, 1.165) is 17.7 Å². The first-order valence-electron chi connectivity index (χ1n) is 6.82. The van der Waals surface area contributed by atoms with E-state index in [4.69, 9.17) is 0 Å². The van der Waals surface area contributed by atoms with Crippen molar-refractivity contribution in [1.29, 1.82) is 0 Å². The number of hydrogen-bond donors (Lipinski definition) is 1. The molecule has 0 radical (unpaired) electrons. The fourth-order valence-corrected chi connectivity index (χ4v) is 2.03. The summed E-state index contributed by atoms with van der Waals surface area (Å²) in [6.07, 6.45) is -4.35. The van der Waals surface area contributed by atoms with Gasteiger partial charge in [-0.25, -0.2) is 0 Å². The van der Waals surface area contributed by atoms with Crippen LogP contribution in [0.4, 0.5) is 13.2 Å². The van der Waals surface area contributed by atoms with Gasteiger partial charge >= 0.3 is 6.18 Å². The van der Waals surface area contributed by atoms with Crippen molar-refractivity contribution in [2.24, 2.45) is 0 Å². The molecule has 0 spiro atoms. The number of halogens is 3. The Bertz CT molecular complexity index is 645. The van der Waals surface area contributed by atoms with Crippen LogP contribution in [0, 0.1) is 6.92 Å². The van der Waals surface area contributed by atoms with Crippen LogP contribution >= 0.6 is 0 Å². The number of aryl methyl sites for hydroxylation is 1. The highest BCUT2D eigenvalue weighted by Crippen LogP contribution is 2.29. The van der Waals surface area contributed by atoms with E-state index in [1.165, 1.54) is 12.1 Å². The third-order valence-corrected chi connectivity index (χ3v) is 3.40. The molecule has 0 aliphatic carbocycles. The molecule has 1 unspecified atom stereocenters. The van der Waals surface area contributed by atoms with Crippen LogP contribution in [0.25, 0.3) is 0 Å². The number of alkyl halides is 3. The molecule has 1 atom stereocenters. The lowest BCUT2D eigenvalue weighted by molar-refractivity contribution is -0.137. The zero-order chi connectivity index (χ0) is 16.3. The Labute approximate surface area is 127 Å². The Morgan fingerprint density at radius 3 is 2.05 bits per heavy atom. The summed E-state index contributed by atoms with van der Waals surface area (Å²) in [6, 6.07) is 11.5. The number of rotatable bonds is 3. The molecule has 2 aromatic rings. The average molecular weight is 307 g/mol. The lowest BCUT2D eigenvalue weighted by Gasteiger charge is -2.15. The van der Waals surface area contributed by atoms with Crippen LogP contribution in [-0.4, -0.2) is 5.91 Å². The van der Waals surface area contributed by atoms with Gasteiger partial charge in [0.05, 0.1) is 11.6 Å². The molecule has 1 amide bonds. The largest absolute Gasteiger partial charge is 0.416 e. The lowest BCUT2D eigenvalue weighted by atomic mass is 10.1. The first kappa shape index (κ1) is 16.1. The van der Waals surface area contributed by atoms with Crippen molar-refractivity contribution in [2.75, 3.05) is 0 Å². The van der Waals surface area contributed by atoms with Crippen molar-refractivity contribution in [3.8, 4) is 0 Å². The van der Waals surface area contributed by atoms with Crippen LogP contribution in [0.1, 0.15) is 40.0 Å². The molecule has 0 fully saturated rings. The molecule has 2 nitrogen and oxygen atoms in total. The number of amides is 1. The molecule has 2 aromatic carbocycles. The summed E-state index contributed by atoms with van der Waals surface area (Å²) in [6.45, 7) is 3.65. The second kappa shape index (κ2) is 6.22. The highest BCUT2D eigenvalue weighted by atomic mass is 19.4. The Morgan fingerprint density at radius 1 is 1.00 bits per heavy atom. The highest BCUT2D eigenvalue weighted by Gasteiger charge is 2.30. The van der Waals surface area contributed by atoms with Gasteiger partial charge in [-0.15, -0.1) is 0 Å². The maximum Gasteiger partial charge on any atom is 0.416 e. The minimum Gasteiger partial charge on any atom is -0.346 e. The zero-order valence-corrected chi connectivity index (χ0v) is 12.2. The van der Waals surface area contributed by atoms with Gasteiger partial charge in [-0.05, 0) is 43.7 Å². The van der Waals surface area contributed by atoms with E-state index in [1.54, 1.807) is 19.1 Å². The molecule has 0 aliphatic heterocycles. The summed E-state index contributed by atoms with van der Waals surface area (Å²) in [4.78, 5) is 12.1. The van der Waals surface area contributed by atoms with Gasteiger partial charge in [0.15, 0.2) is 0 Å². The molecule has 0 saturated heterocycles. The predicted molar refractivity (Wildman–Crippen MR) is 78.5 cm³/mol. The molecular weight excluding hydrogens is 291 g/mol. The van der Waals surface area contributed by atoms with Crippen molar-refractivity contribution in [2.45, 2.75) is 26.1 Å². The molecular formula is C17H16F3NO. The summed E-state index contributed by atoms with van der Waals surface area (Å²) in [5.41, 5.74) is 1.48. The lowest BCUT2D eigenvalue weighted by Crippen LogP contribution is -2.26. The minimum atomic E-state index is -4.35. The molecule has 0 aliphatic rings. The van der Waals surface area contributed by atoms with Gasteiger partial charge in [0.25, 0.3) is 5.91 Å². The fourth-order valence-electron chi connectivity index (χ4n) is 2.03. The van der Waals surface area contributed by atoms with E-state index in [-0.39, 0.29) is 11.9 Å². The van der Waals surface area contributed by atoms with Gasteiger partial charge < -0.3 is 5.32 Å². The van der Waals surface area contributed by atoms with Crippen molar-refractivity contribution >= 4 is 5.91 Å². The van der Waals surface area contributed by atoms with Crippen molar-refractivity contribution in [3.05, 3.63) is 70.8 Å². The minimum absolute atomic E-state index is 0.257. The van der Waals surface area contributed by atoms with E-state index < -0.39 is 11.7 Å². The number of benzene rings is 2. The Morgan fingerprint density at radius 2 is 1.55 bits per heavy atom. The maximum atomic E-state index is 12.5. The van der Waals surface area contributed by atoms with Crippen LogP contribution in [0.2, 0.25) is 0 Å². The monoisotopic (exact) mass is 307 g/mol. The normalized spacial score (nSPS) is 12.8. The van der Waals surface area contributed by atoms with Gasteiger partial charge in [0.2, 0.25) is 0 Å². The molecule has 1 N–H and O–H groups in total. The summed E-state index contributed by atoms with van der Waals surface area (Å²) >= 11 is 0. The van der Waals surface area contributed by atoms with Gasteiger partial charge in [-0.3, -0.25) is 4.79 Å². The third-order valence-electron chi connectivity index (χ3n) is 3.40. The molecule has 116 valence electrons. The van der Waals surface area contributed by atoms with Gasteiger partial charge in [-0.1, -0.05) is 29.8 Å². The predicted octanol–water partition coefficient (Wildman–Crippen LogP) is 4.50. The molecule has 0 heterocycles. The standard InChI is InChI=1S/C17H16F3NO/c1-11-3-5-14(6-4-11)16(22)21-12(2)13-7-9-15(10-8-13)17(18,19)20/h3-10,12H,1-2H3,(H,21,22). The van der Waals surface area contributed by atoms with Gasteiger partial charge in [0, 0.05) is 5.56 Å². The van der Waals surface area contributed by atoms with Gasteiger partial charge in [-0.2, -0.15) is 13.2 Å². The van der Waals surface area contributed by atoms with Crippen LogP contribution in [0.15, 0.2) is 48.5 Å². The van der Waals surface area contributed by atoms with E-state index in [2.05, 4.69) is 5.32 Å². The molecule has 22 heavy (non-hydrogen) atoms. The number of carbonyl (C=O) groups excluding carboxylic acids is 1. The second-order valence-electron chi connectivity index (χ2n) is 5.18. The van der Waals surface area contributed by atoms with Crippen LogP contribution in [0.5, 0.6) is 0 Å². The van der Waals surface area contributed by atoms with E-state index >= 15 is 0 Å². The average Bonchev–Trinajstić information content (AvgIpc) is 2.47.